The van der Waals surface area contributed by atoms with Crippen LogP contribution in [0.1, 0.15) is 24.2 Å². The highest BCUT2D eigenvalue weighted by molar-refractivity contribution is 5.97. The molecule has 0 aliphatic rings. The van der Waals surface area contributed by atoms with Gasteiger partial charge < -0.3 is 20.7 Å². The number of halogens is 2. The van der Waals surface area contributed by atoms with Crippen molar-refractivity contribution in [2.75, 3.05) is 20.2 Å². The van der Waals surface area contributed by atoms with Gasteiger partial charge in [-0.25, -0.2) is 13.6 Å². The van der Waals surface area contributed by atoms with Crippen molar-refractivity contribution in [3.8, 4) is 0 Å². The monoisotopic (exact) mass is 385 g/mol. The molecule has 0 spiro atoms. The first-order valence-electron chi connectivity index (χ1n) is 8.06. The van der Waals surface area contributed by atoms with Crippen molar-refractivity contribution < 1.29 is 32.7 Å². The molecule has 10 heteroatoms. The van der Waals surface area contributed by atoms with Crippen molar-refractivity contribution in [3.05, 3.63) is 35.4 Å². The quantitative estimate of drug-likeness (QED) is 0.551. The van der Waals surface area contributed by atoms with Crippen LogP contribution in [0.4, 0.5) is 8.78 Å². The number of likely N-dealkylation sites (N-methyl/N-ethyl adjacent to an activating group) is 1. The third kappa shape index (κ3) is 6.65. The highest BCUT2D eigenvalue weighted by Gasteiger charge is 2.28. The van der Waals surface area contributed by atoms with Gasteiger partial charge in [0.2, 0.25) is 5.91 Å². The molecule has 0 bridgehead atoms. The van der Waals surface area contributed by atoms with Crippen molar-refractivity contribution in [2.45, 2.75) is 19.9 Å². The van der Waals surface area contributed by atoms with Crippen LogP contribution in [0.25, 0.3) is 0 Å². The van der Waals surface area contributed by atoms with Gasteiger partial charge in [-0.3, -0.25) is 14.4 Å². The molecular formula is C17H21F2N3O5. The molecule has 0 heterocycles. The Morgan fingerprint density at radius 1 is 1.07 bits per heavy atom. The van der Waals surface area contributed by atoms with Crippen molar-refractivity contribution in [1.82, 2.24) is 16.0 Å². The van der Waals surface area contributed by atoms with Gasteiger partial charge in [0.05, 0.1) is 6.54 Å². The second-order valence-electron chi connectivity index (χ2n) is 5.85. The fraction of sp³-hybridized carbons (Fsp3) is 0.412. The Morgan fingerprint density at radius 3 is 2.19 bits per heavy atom. The van der Waals surface area contributed by atoms with E-state index >= 15 is 0 Å². The molecule has 3 amide bonds. The molecule has 0 saturated heterocycles. The van der Waals surface area contributed by atoms with Gasteiger partial charge >= 0.3 is 5.97 Å². The van der Waals surface area contributed by atoms with Crippen molar-refractivity contribution in [3.63, 3.8) is 0 Å². The molecule has 1 rings (SSSR count). The maximum atomic E-state index is 13.7. The number of nitrogens with one attached hydrogen (secondary N) is 3. The first-order chi connectivity index (χ1) is 12.7. The van der Waals surface area contributed by atoms with Crippen molar-refractivity contribution >= 4 is 23.7 Å². The Hall–Kier alpha value is -3.04. The molecule has 0 fully saturated rings. The van der Waals surface area contributed by atoms with Gasteiger partial charge in [-0.15, -0.1) is 0 Å². The summed E-state index contributed by atoms with van der Waals surface area (Å²) in [5.41, 5.74) is -0.820. The molecule has 3 N–H and O–H groups in total. The van der Waals surface area contributed by atoms with Crippen LogP contribution in [-0.4, -0.2) is 49.9 Å². The minimum atomic E-state index is -1.23. The predicted molar refractivity (Wildman–Crippen MR) is 90.5 cm³/mol. The van der Waals surface area contributed by atoms with E-state index in [0.29, 0.717) is 0 Å². The molecule has 1 aromatic rings. The first-order valence-corrected chi connectivity index (χ1v) is 8.06. The van der Waals surface area contributed by atoms with E-state index < -0.39 is 59.5 Å². The molecule has 0 aliphatic carbocycles. The maximum Gasteiger partial charge on any atom is 0.329 e. The summed E-state index contributed by atoms with van der Waals surface area (Å²) in [6.07, 6.45) is 0. The second-order valence-corrected chi connectivity index (χ2v) is 5.85. The average molecular weight is 385 g/mol. The van der Waals surface area contributed by atoms with E-state index in [2.05, 4.69) is 16.0 Å². The summed E-state index contributed by atoms with van der Waals surface area (Å²) >= 11 is 0. The van der Waals surface area contributed by atoms with Crippen LogP contribution >= 0.6 is 0 Å². The molecule has 0 unspecified atom stereocenters. The highest BCUT2D eigenvalue weighted by Crippen LogP contribution is 2.13. The summed E-state index contributed by atoms with van der Waals surface area (Å²) in [6.45, 7) is 2.19. The minimum Gasteiger partial charge on any atom is -0.454 e. The van der Waals surface area contributed by atoms with Crippen LogP contribution in [0.15, 0.2) is 18.2 Å². The summed E-state index contributed by atoms with van der Waals surface area (Å²) in [6, 6.07) is 1.70. The molecule has 8 nitrogen and oxygen atoms in total. The molecule has 0 aliphatic heterocycles. The molecular weight excluding hydrogens is 364 g/mol. The van der Waals surface area contributed by atoms with E-state index in [0.717, 1.165) is 18.2 Å². The van der Waals surface area contributed by atoms with Gasteiger partial charge in [-0.1, -0.05) is 19.9 Å². The van der Waals surface area contributed by atoms with Crippen molar-refractivity contribution in [2.24, 2.45) is 5.92 Å². The molecule has 1 aromatic carbocycles. The normalized spacial score (nSPS) is 11.5. The number of rotatable bonds is 8. The Kier molecular flexibility index (Phi) is 8.31. The Morgan fingerprint density at radius 2 is 1.67 bits per heavy atom. The summed E-state index contributed by atoms with van der Waals surface area (Å²) in [5, 5.41) is 6.73. The lowest BCUT2D eigenvalue weighted by Crippen LogP contribution is -2.46. The fourth-order valence-electron chi connectivity index (χ4n) is 1.97. The minimum absolute atomic E-state index is 0.288. The number of amides is 3. The number of ether oxygens (including phenoxy) is 1. The molecule has 0 aromatic heterocycles. The zero-order chi connectivity index (χ0) is 20.6. The lowest BCUT2D eigenvalue weighted by molar-refractivity contribution is -0.151. The lowest BCUT2D eigenvalue weighted by atomic mass is 10.0. The van der Waals surface area contributed by atoms with Gasteiger partial charge in [0, 0.05) is 7.05 Å². The third-order valence-corrected chi connectivity index (χ3v) is 3.47. The van der Waals surface area contributed by atoms with Crippen LogP contribution in [0.2, 0.25) is 0 Å². The molecule has 1 atom stereocenters. The van der Waals surface area contributed by atoms with Gasteiger partial charge in [0.25, 0.3) is 11.8 Å². The number of benzene rings is 1. The zero-order valence-corrected chi connectivity index (χ0v) is 15.1. The third-order valence-electron chi connectivity index (χ3n) is 3.47. The molecule has 27 heavy (non-hydrogen) atoms. The van der Waals surface area contributed by atoms with Gasteiger partial charge in [-0.05, 0) is 18.1 Å². The second kappa shape index (κ2) is 10.2. The first kappa shape index (κ1) is 22.0. The number of hydrogen-bond acceptors (Lipinski definition) is 5. The van der Waals surface area contributed by atoms with E-state index in [1.165, 1.54) is 7.05 Å². The van der Waals surface area contributed by atoms with Gasteiger partial charge in [0.1, 0.15) is 23.2 Å². The summed E-state index contributed by atoms with van der Waals surface area (Å²) in [5.74, 6) is -5.86. The SMILES string of the molecule is CNC(=O)CNC(=O)COC(=O)[C@@H](NC(=O)c1c(F)cccc1F)C(C)C. The van der Waals surface area contributed by atoms with Crippen LogP contribution in [0.5, 0.6) is 0 Å². The largest absolute Gasteiger partial charge is 0.454 e. The fourth-order valence-corrected chi connectivity index (χ4v) is 1.97. The van der Waals surface area contributed by atoms with Gasteiger partial charge in [0.15, 0.2) is 6.61 Å². The van der Waals surface area contributed by atoms with Crippen molar-refractivity contribution in [1.29, 1.82) is 0 Å². The summed E-state index contributed by atoms with van der Waals surface area (Å²) in [7, 11) is 1.39. The summed E-state index contributed by atoms with van der Waals surface area (Å²) in [4.78, 5) is 46.8. The summed E-state index contributed by atoms with van der Waals surface area (Å²) < 4.78 is 32.2. The zero-order valence-electron chi connectivity index (χ0n) is 15.1. The standard InChI is InChI=1S/C17H21F2N3O5/c1-9(2)15(17(26)27-8-13(24)21-7-12(23)20-3)22-16(25)14-10(18)5-4-6-11(14)19/h4-6,9,15H,7-8H2,1-3H3,(H,20,23)(H,21,24)(H,22,25)/t15-/m0/s1. The predicted octanol–water partition coefficient (Wildman–Crippen LogP) is 0.125. The van der Waals surface area contributed by atoms with Crippen LogP contribution in [-0.2, 0) is 19.1 Å². The van der Waals surface area contributed by atoms with E-state index in [1.807, 2.05) is 0 Å². The van der Waals surface area contributed by atoms with Crippen LogP contribution in [0, 0.1) is 17.6 Å². The highest BCUT2D eigenvalue weighted by atomic mass is 19.1. The number of hydrogen-bond donors (Lipinski definition) is 3. The molecule has 0 radical (unpaired) electrons. The topological polar surface area (TPSA) is 114 Å². The Labute approximate surface area is 154 Å². The Bertz CT molecular complexity index is 704. The number of carbonyl (C=O) groups excluding carboxylic acids is 4. The van der Waals surface area contributed by atoms with E-state index in [1.54, 1.807) is 13.8 Å². The average Bonchev–Trinajstić information content (AvgIpc) is 2.61. The molecule has 0 saturated carbocycles. The van der Waals surface area contributed by atoms with E-state index in [9.17, 15) is 28.0 Å². The van der Waals surface area contributed by atoms with E-state index in [-0.39, 0.29) is 6.54 Å². The molecule has 148 valence electrons. The van der Waals surface area contributed by atoms with Crippen LogP contribution < -0.4 is 16.0 Å². The van der Waals surface area contributed by atoms with Crippen LogP contribution in [0.3, 0.4) is 0 Å². The lowest BCUT2D eigenvalue weighted by Gasteiger charge is -2.21. The smallest absolute Gasteiger partial charge is 0.329 e. The number of carbonyl (C=O) groups is 4. The van der Waals surface area contributed by atoms with Gasteiger partial charge in [-0.2, -0.15) is 0 Å². The van der Waals surface area contributed by atoms with E-state index in [4.69, 9.17) is 4.74 Å². The maximum absolute atomic E-state index is 13.7. The number of esters is 1. The Balaban J connectivity index is 2.70.